The van der Waals surface area contributed by atoms with Gasteiger partial charge in [0.2, 0.25) is 5.78 Å². The number of carbonyl (C=O) groups excluding carboxylic acids is 1. The van der Waals surface area contributed by atoms with Crippen LogP contribution in [0.5, 0.6) is 0 Å². The minimum Gasteiger partial charge on any atom is -0.399 e. The fourth-order valence-electron chi connectivity index (χ4n) is 3.96. The molecule has 4 aromatic carbocycles. The van der Waals surface area contributed by atoms with Crippen molar-refractivity contribution in [3.05, 3.63) is 90.0 Å². The Labute approximate surface area is 245 Å². The van der Waals surface area contributed by atoms with Crippen LogP contribution in [0.2, 0.25) is 0 Å². The molecule has 0 fully saturated rings. The molecule has 0 saturated heterocycles. The number of nitrogen functional groups attached to an aromatic ring is 4. The van der Waals surface area contributed by atoms with Crippen LogP contribution < -0.4 is 28.4 Å². The van der Waals surface area contributed by atoms with Gasteiger partial charge < -0.3 is 22.9 Å². The number of Topliss-reactive ketones (excluding diaryl/α,β-unsaturated/α-hetero) is 1. The van der Waals surface area contributed by atoms with Crippen LogP contribution in [0.15, 0.2) is 109 Å². The summed E-state index contributed by atoms with van der Waals surface area (Å²) >= 11 is 0. The van der Waals surface area contributed by atoms with Crippen LogP contribution in [0.25, 0.3) is 6.08 Å². The highest BCUT2D eigenvalue weighted by Crippen LogP contribution is 2.32. The van der Waals surface area contributed by atoms with Crippen LogP contribution in [0, 0.1) is 0 Å². The standard InChI is InChI=1S/C28H24N10O4S/c29-16-3-8-23(21(31)11-16)35-33-18-5-1-15-2-7-26(28(39)20(15)13-18)38-34-19-6-10-25(27(14-19)43(40,41)42)37-36-24-9-4-17(30)12-22(24)32/h1-14,34H,29-32H2,(H,40,41,42)/b35-33+,37-36+,38-26-. The lowest BCUT2D eigenvalue weighted by molar-refractivity contribution is 0.106. The van der Waals surface area contributed by atoms with Gasteiger partial charge in [-0.05, 0) is 78.4 Å². The first kappa shape index (κ1) is 28.6. The van der Waals surface area contributed by atoms with Gasteiger partial charge in [-0.25, -0.2) is 0 Å². The predicted octanol–water partition coefficient (Wildman–Crippen LogP) is 5.77. The van der Waals surface area contributed by atoms with Crippen LogP contribution in [0.1, 0.15) is 15.9 Å². The summed E-state index contributed by atoms with van der Waals surface area (Å²) in [5.41, 5.74) is 29.5. The van der Waals surface area contributed by atoms with Gasteiger partial charge in [0, 0.05) is 16.9 Å². The summed E-state index contributed by atoms with van der Waals surface area (Å²) < 4.78 is 34.0. The average molecular weight is 597 g/mol. The van der Waals surface area contributed by atoms with E-state index in [1.54, 1.807) is 48.5 Å². The van der Waals surface area contributed by atoms with E-state index in [1.807, 2.05) is 0 Å². The topological polar surface area (TPSA) is 249 Å². The second-order valence-electron chi connectivity index (χ2n) is 9.24. The first-order valence-corrected chi connectivity index (χ1v) is 13.9. The Kier molecular flexibility index (Phi) is 7.66. The number of nitrogens with two attached hydrogens (primary N) is 4. The highest BCUT2D eigenvalue weighted by atomic mass is 32.2. The molecule has 0 bridgehead atoms. The lowest BCUT2D eigenvalue weighted by Gasteiger charge is -2.12. The molecule has 0 amide bonds. The number of rotatable bonds is 7. The first-order valence-electron chi connectivity index (χ1n) is 12.4. The third-order valence-electron chi connectivity index (χ3n) is 6.12. The molecule has 0 atom stereocenters. The number of ketones is 1. The maximum atomic E-state index is 13.2. The van der Waals surface area contributed by atoms with Crippen molar-refractivity contribution in [1.82, 2.24) is 0 Å². The number of anilines is 5. The van der Waals surface area contributed by atoms with Gasteiger partial charge >= 0.3 is 0 Å². The van der Waals surface area contributed by atoms with Crippen LogP contribution in [-0.4, -0.2) is 24.5 Å². The Morgan fingerprint density at radius 1 is 0.674 bits per heavy atom. The zero-order chi connectivity index (χ0) is 30.7. The fourth-order valence-corrected chi connectivity index (χ4v) is 4.61. The van der Waals surface area contributed by atoms with Crippen LogP contribution in [0.4, 0.5) is 51.2 Å². The molecule has 0 radical (unpaired) electrons. The zero-order valence-corrected chi connectivity index (χ0v) is 23.0. The molecule has 0 heterocycles. The zero-order valence-electron chi connectivity index (χ0n) is 22.2. The van der Waals surface area contributed by atoms with Gasteiger partial charge in [-0.3, -0.25) is 14.8 Å². The first-order chi connectivity index (χ1) is 20.5. The SMILES string of the molecule is Nc1ccc(/N=N/c2ccc3c(c2)C(=O)/C(=N\Nc2ccc(/N=N/c4ccc(N)cc4N)c(S(=O)(=O)O)c2)C=C3)c(N)c1. The van der Waals surface area contributed by atoms with Crippen molar-refractivity contribution in [1.29, 1.82) is 0 Å². The van der Waals surface area contributed by atoms with Crippen molar-refractivity contribution in [2.45, 2.75) is 4.90 Å². The Morgan fingerprint density at radius 3 is 1.91 bits per heavy atom. The van der Waals surface area contributed by atoms with E-state index in [2.05, 4.69) is 31.0 Å². The quantitative estimate of drug-likeness (QED) is 0.0654. The predicted molar refractivity (Wildman–Crippen MR) is 166 cm³/mol. The number of nitrogens with zero attached hydrogens (tertiary/aromatic N) is 5. The summed E-state index contributed by atoms with van der Waals surface area (Å²) in [5, 5.41) is 20.3. The molecule has 1 aliphatic rings. The second kappa shape index (κ2) is 11.5. The molecule has 0 aromatic heterocycles. The molecule has 4 aromatic rings. The van der Waals surface area contributed by atoms with Crippen LogP contribution in [-0.2, 0) is 10.1 Å². The van der Waals surface area contributed by atoms with Gasteiger partial charge in [0.05, 0.1) is 22.7 Å². The maximum absolute atomic E-state index is 13.2. The van der Waals surface area contributed by atoms with Gasteiger partial charge in [-0.2, -0.15) is 18.6 Å². The number of fused-ring (bicyclic) bond motifs is 1. The molecule has 15 heteroatoms. The molecule has 10 N–H and O–H groups in total. The van der Waals surface area contributed by atoms with Crippen LogP contribution >= 0.6 is 0 Å². The molecule has 0 unspecified atom stereocenters. The molecule has 1 aliphatic carbocycles. The van der Waals surface area contributed by atoms with Gasteiger partial charge in [0.1, 0.15) is 27.7 Å². The fraction of sp³-hybridized carbons (Fsp3) is 0. The minimum atomic E-state index is -4.71. The van der Waals surface area contributed by atoms with Gasteiger partial charge in [-0.15, -0.1) is 15.3 Å². The largest absolute Gasteiger partial charge is 0.399 e. The Morgan fingerprint density at radius 2 is 1.28 bits per heavy atom. The van der Waals surface area contributed by atoms with Gasteiger partial charge in [0.25, 0.3) is 10.1 Å². The molecule has 0 aliphatic heterocycles. The number of benzene rings is 4. The number of carbonyl (C=O) groups is 1. The van der Waals surface area contributed by atoms with E-state index in [4.69, 9.17) is 22.9 Å². The number of hydrazone groups is 1. The van der Waals surface area contributed by atoms with E-state index in [0.29, 0.717) is 39.6 Å². The molecular weight excluding hydrogens is 572 g/mol. The highest BCUT2D eigenvalue weighted by Gasteiger charge is 2.21. The molecule has 5 rings (SSSR count). The number of allylic oxidation sites excluding steroid dienone is 1. The summed E-state index contributed by atoms with van der Waals surface area (Å²) in [5.74, 6) is -0.407. The summed E-state index contributed by atoms with van der Waals surface area (Å²) in [6, 6.07) is 18.3. The third kappa shape index (κ3) is 6.53. The normalized spacial score (nSPS) is 14.1. The monoisotopic (exact) mass is 596 g/mol. The summed E-state index contributed by atoms with van der Waals surface area (Å²) in [7, 11) is -4.71. The summed E-state index contributed by atoms with van der Waals surface area (Å²) in [6.45, 7) is 0. The van der Waals surface area contributed by atoms with E-state index in [0.717, 1.165) is 6.07 Å². The second-order valence-corrected chi connectivity index (χ2v) is 10.6. The number of hydrogen-bond donors (Lipinski definition) is 6. The number of azo groups is 2. The van der Waals surface area contributed by atoms with Crippen molar-refractivity contribution >= 4 is 78.9 Å². The molecule has 0 saturated carbocycles. The van der Waals surface area contributed by atoms with E-state index in [1.165, 1.54) is 30.3 Å². The van der Waals surface area contributed by atoms with Crippen molar-refractivity contribution < 1.29 is 17.8 Å². The molecule has 43 heavy (non-hydrogen) atoms. The number of nitrogens with one attached hydrogen (secondary N) is 1. The smallest absolute Gasteiger partial charge is 0.296 e. The molecule has 0 spiro atoms. The van der Waals surface area contributed by atoms with Crippen molar-refractivity contribution in [3.8, 4) is 0 Å². The van der Waals surface area contributed by atoms with Gasteiger partial charge in [0.15, 0.2) is 0 Å². The third-order valence-corrected chi connectivity index (χ3v) is 7.00. The Bertz CT molecular complexity index is 2000. The summed E-state index contributed by atoms with van der Waals surface area (Å²) in [6.07, 6.45) is 3.21. The lowest BCUT2D eigenvalue weighted by Crippen LogP contribution is -2.18. The average Bonchev–Trinajstić information content (AvgIpc) is 2.96. The van der Waals surface area contributed by atoms with Crippen molar-refractivity contribution in [3.63, 3.8) is 0 Å². The lowest BCUT2D eigenvalue weighted by atomic mass is 9.94. The van der Waals surface area contributed by atoms with Crippen molar-refractivity contribution in [2.24, 2.45) is 25.6 Å². The Hall–Kier alpha value is -5.93. The van der Waals surface area contributed by atoms with E-state index in [-0.39, 0.29) is 28.5 Å². The van der Waals surface area contributed by atoms with Gasteiger partial charge in [-0.1, -0.05) is 12.1 Å². The highest BCUT2D eigenvalue weighted by molar-refractivity contribution is 7.86. The van der Waals surface area contributed by atoms with E-state index < -0.39 is 20.8 Å². The molecular formula is C28H24N10O4S. The van der Waals surface area contributed by atoms with Crippen LogP contribution in [0.3, 0.4) is 0 Å². The molecule has 216 valence electrons. The minimum absolute atomic E-state index is 0.0420. The van der Waals surface area contributed by atoms with E-state index >= 15 is 0 Å². The number of hydrogen-bond acceptors (Lipinski definition) is 13. The summed E-state index contributed by atoms with van der Waals surface area (Å²) in [4.78, 5) is 12.7. The Balaban J connectivity index is 1.37. The maximum Gasteiger partial charge on any atom is 0.296 e. The van der Waals surface area contributed by atoms with Crippen molar-refractivity contribution in [2.75, 3.05) is 28.4 Å². The molecule has 14 nitrogen and oxygen atoms in total. The van der Waals surface area contributed by atoms with E-state index in [9.17, 15) is 17.8 Å².